The minimum atomic E-state index is 0.975. The second-order valence-electron chi connectivity index (χ2n) is 9.42. The topological polar surface area (TPSA) is 24.1 Å². The van der Waals surface area contributed by atoms with Crippen LogP contribution in [0.3, 0.4) is 0 Å². The molecule has 0 atom stereocenters. The zero-order chi connectivity index (χ0) is 22.1. The third-order valence-electron chi connectivity index (χ3n) is 6.36. The van der Waals surface area contributed by atoms with E-state index in [4.69, 9.17) is 0 Å². The molecule has 0 amide bonds. The van der Waals surface area contributed by atoms with Crippen molar-refractivity contribution in [2.45, 2.75) is 122 Å². The Labute approximate surface area is 198 Å². The molecule has 0 fully saturated rings. The average molecular weight is 447 g/mol. The molecule has 0 radical (unpaired) electrons. The normalized spacial score (nSPS) is 11.4. The predicted octanol–water partition coefficient (Wildman–Crippen LogP) is 6.78. The lowest BCUT2D eigenvalue weighted by atomic mass is 10.0. The molecule has 3 heteroatoms. The molecule has 0 heterocycles. The molecule has 0 spiro atoms. The van der Waals surface area contributed by atoms with E-state index < -0.39 is 0 Å². The standard InChI is InChI=1S/C28H54N2Si/c31-26-20-15-13-11-9-7-5-3-1-2-4-6-8-10-12-14-19-23-29-24-25-30-27-28-21-17-16-18-22-28/h16-18,21-22,29-30H,1-15,19-20,23-27H2,31H3. The molecule has 31 heavy (non-hydrogen) atoms. The molecule has 0 aliphatic rings. The first-order valence-corrected chi connectivity index (χ1v) is 15.3. The van der Waals surface area contributed by atoms with Gasteiger partial charge >= 0.3 is 0 Å². The summed E-state index contributed by atoms with van der Waals surface area (Å²) in [5.41, 5.74) is 1.37. The van der Waals surface area contributed by atoms with E-state index >= 15 is 0 Å². The SMILES string of the molecule is [SiH3]CCCCCCCCCCCCCCCCCCCNCCNCc1ccccc1. The average Bonchev–Trinajstić information content (AvgIpc) is 2.80. The van der Waals surface area contributed by atoms with Gasteiger partial charge in [0, 0.05) is 29.9 Å². The third-order valence-corrected chi connectivity index (χ3v) is 7.06. The van der Waals surface area contributed by atoms with Gasteiger partial charge < -0.3 is 10.6 Å². The first kappa shape index (κ1) is 28.4. The Bertz CT molecular complexity index is 452. The molecular weight excluding hydrogens is 392 g/mol. The molecule has 2 N–H and O–H groups in total. The summed E-state index contributed by atoms with van der Waals surface area (Å²) in [6.45, 7) is 4.28. The molecule has 1 aromatic rings. The van der Waals surface area contributed by atoms with Crippen LogP contribution in [0.2, 0.25) is 6.04 Å². The molecule has 0 saturated carbocycles. The van der Waals surface area contributed by atoms with Gasteiger partial charge in [-0.2, -0.15) is 0 Å². The molecule has 0 saturated heterocycles. The molecule has 1 aromatic carbocycles. The van der Waals surface area contributed by atoms with Crippen LogP contribution in [-0.2, 0) is 6.54 Å². The summed E-state index contributed by atoms with van der Waals surface area (Å²) in [6.07, 6.45) is 24.8. The summed E-state index contributed by atoms with van der Waals surface area (Å²) in [6, 6.07) is 12.2. The summed E-state index contributed by atoms with van der Waals surface area (Å²) in [7, 11) is 1.40. The van der Waals surface area contributed by atoms with Crippen LogP contribution >= 0.6 is 0 Å². The maximum absolute atomic E-state index is 3.57. The lowest BCUT2D eigenvalue weighted by Gasteiger charge is -2.07. The van der Waals surface area contributed by atoms with Gasteiger partial charge in [-0.25, -0.2) is 0 Å². The molecule has 0 aliphatic heterocycles. The van der Waals surface area contributed by atoms with Crippen molar-refractivity contribution in [1.29, 1.82) is 0 Å². The van der Waals surface area contributed by atoms with Crippen LogP contribution in [-0.4, -0.2) is 29.9 Å². The van der Waals surface area contributed by atoms with Crippen molar-refractivity contribution in [3.63, 3.8) is 0 Å². The van der Waals surface area contributed by atoms with Gasteiger partial charge in [-0.15, -0.1) is 0 Å². The minimum Gasteiger partial charge on any atom is -0.315 e. The van der Waals surface area contributed by atoms with Crippen LogP contribution in [0, 0.1) is 0 Å². The minimum absolute atomic E-state index is 0.975. The van der Waals surface area contributed by atoms with Crippen LogP contribution in [0.4, 0.5) is 0 Å². The van der Waals surface area contributed by atoms with E-state index in [1.165, 1.54) is 138 Å². The highest BCUT2D eigenvalue weighted by Crippen LogP contribution is 2.14. The van der Waals surface area contributed by atoms with Crippen LogP contribution in [0.25, 0.3) is 0 Å². The Kier molecular flexibility index (Phi) is 22.0. The van der Waals surface area contributed by atoms with Crippen molar-refractivity contribution in [3.8, 4) is 0 Å². The largest absolute Gasteiger partial charge is 0.315 e. The van der Waals surface area contributed by atoms with Crippen molar-refractivity contribution in [2.24, 2.45) is 0 Å². The van der Waals surface area contributed by atoms with Gasteiger partial charge in [0.05, 0.1) is 0 Å². The Balaban J connectivity index is 1.65. The maximum atomic E-state index is 3.57. The molecule has 0 aliphatic carbocycles. The summed E-state index contributed by atoms with van der Waals surface area (Å²) >= 11 is 0. The Morgan fingerprint density at radius 1 is 0.452 bits per heavy atom. The second kappa shape index (κ2) is 24.0. The van der Waals surface area contributed by atoms with Crippen molar-refractivity contribution < 1.29 is 0 Å². The molecule has 0 bridgehead atoms. The Morgan fingerprint density at radius 2 is 0.871 bits per heavy atom. The maximum Gasteiger partial charge on any atom is 0.0206 e. The van der Waals surface area contributed by atoms with E-state index in [1.54, 1.807) is 0 Å². The zero-order valence-electron chi connectivity index (χ0n) is 20.9. The molecule has 0 aromatic heterocycles. The van der Waals surface area contributed by atoms with Crippen LogP contribution < -0.4 is 10.6 Å². The van der Waals surface area contributed by atoms with Gasteiger partial charge in [-0.1, -0.05) is 139 Å². The van der Waals surface area contributed by atoms with E-state index in [2.05, 4.69) is 41.0 Å². The molecule has 2 nitrogen and oxygen atoms in total. The smallest absolute Gasteiger partial charge is 0.0206 e. The highest BCUT2D eigenvalue weighted by atomic mass is 28.1. The summed E-state index contributed by atoms with van der Waals surface area (Å²) in [5.74, 6) is 0. The summed E-state index contributed by atoms with van der Waals surface area (Å²) < 4.78 is 0. The summed E-state index contributed by atoms with van der Waals surface area (Å²) in [5, 5.41) is 7.07. The monoisotopic (exact) mass is 446 g/mol. The number of benzene rings is 1. The number of nitrogens with one attached hydrogen (secondary N) is 2. The van der Waals surface area contributed by atoms with Crippen molar-refractivity contribution in [3.05, 3.63) is 35.9 Å². The fraction of sp³-hybridized carbons (Fsp3) is 0.786. The summed E-state index contributed by atoms with van der Waals surface area (Å²) in [4.78, 5) is 0. The van der Waals surface area contributed by atoms with Gasteiger partial charge in [0.15, 0.2) is 0 Å². The van der Waals surface area contributed by atoms with E-state index in [-0.39, 0.29) is 0 Å². The Morgan fingerprint density at radius 3 is 1.35 bits per heavy atom. The third kappa shape index (κ3) is 21.0. The molecule has 1 rings (SSSR count). The fourth-order valence-corrected chi connectivity index (χ4v) is 4.78. The first-order chi connectivity index (χ1) is 15.4. The molecule has 0 unspecified atom stereocenters. The van der Waals surface area contributed by atoms with E-state index in [0.29, 0.717) is 0 Å². The molecule has 180 valence electrons. The van der Waals surface area contributed by atoms with Crippen molar-refractivity contribution in [1.82, 2.24) is 10.6 Å². The highest BCUT2D eigenvalue weighted by molar-refractivity contribution is 6.08. The van der Waals surface area contributed by atoms with Gasteiger partial charge in [0.1, 0.15) is 0 Å². The van der Waals surface area contributed by atoms with Gasteiger partial charge in [0.2, 0.25) is 0 Å². The lowest BCUT2D eigenvalue weighted by Crippen LogP contribution is -2.27. The van der Waals surface area contributed by atoms with E-state index in [0.717, 1.165) is 19.6 Å². The Hall–Kier alpha value is -0.643. The van der Waals surface area contributed by atoms with E-state index in [1.807, 2.05) is 0 Å². The second-order valence-corrected chi connectivity index (χ2v) is 10.4. The van der Waals surface area contributed by atoms with E-state index in [9.17, 15) is 0 Å². The van der Waals surface area contributed by atoms with Gasteiger partial charge in [-0.05, 0) is 18.5 Å². The van der Waals surface area contributed by atoms with Crippen LogP contribution in [0.5, 0.6) is 0 Å². The van der Waals surface area contributed by atoms with Crippen LogP contribution in [0.15, 0.2) is 30.3 Å². The fourth-order valence-electron chi connectivity index (χ4n) is 4.28. The van der Waals surface area contributed by atoms with Gasteiger partial charge in [0.25, 0.3) is 0 Å². The first-order valence-electron chi connectivity index (χ1n) is 13.9. The number of unbranched alkanes of at least 4 members (excludes halogenated alkanes) is 16. The highest BCUT2D eigenvalue weighted by Gasteiger charge is 1.95. The van der Waals surface area contributed by atoms with Gasteiger partial charge in [-0.3, -0.25) is 0 Å². The predicted molar refractivity (Wildman–Crippen MR) is 144 cm³/mol. The zero-order valence-corrected chi connectivity index (χ0v) is 22.9. The van der Waals surface area contributed by atoms with Crippen molar-refractivity contribution >= 4 is 10.2 Å². The lowest BCUT2D eigenvalue weighted by molar-refractivity contribution is 0.522. The van der Waals surface area contributed by atoms with Crippen LogP contribution in [0.1, 0.15) is 115 Å². The number of hydrogen-bond acceptors (Lipinski definition) is 2. The number of hydrogen-bond donors (Lipinski definition) is 2. The van der Waals surface area contributed by atoms with Crippen molar-refractivity contribution in [2.75, 3.05) is 19.6 Å². The quantitative estimate of drug-likeness (QED) is 0.135. The number of rotatable bonds is 24. The molecular formula is C28H54N2Si.